The lowest BCUT2D eigenvalue weighted by molar-refractivity contribution is -0.147. The minimum atomic E-state index is -0.530. The van der Waals surface area contributed by atoms with Gasteiger partial charge in [0.1, 0.15) is 11.6 Å². The van der Waals surface area contributed by atoms with E-state index in [9.17, 15) is 18.8 Å². The molecule has 0 fully saturated rings. The van der Waals surface area contributed by atoms with Gasteiger partial charge in [0, 0.05) is 18.5 Å². The van der Waals surface area contributed by atoms with Crippen LogP contribution in [0.25, 0.3) is 10.9 Å². The molecule has 2 N–H and O–H groups in total. The van der Waals surface area contributed by atoms with Gasteiger partial charge in [0.2, 0.25) is 0 Å². The molecule has 0 radical (unpaired) electrons. The third kappa shape index (κ3) is 5.23. The Labute approximate surface area is 159 Å². The van der Waals surface area contributed by atoms with Gasteiger partial charge < -0.3 is 15.0 Å². The summed E-state index contributed by atoms with van der Waals surface area (Å²) < 4.78 is 17.7. The molecule has 1 amide bonds. The summed E-state index contributed by atoms with van der Waals surface area (Å²) in [5.41, 5.74) is 0.788. The minimum absolute atomic E-state index is 0.0837. The first-order valence-corrected chi connectivity index (χ1v) is 8.70. The van der Waals surface area contributed by atoms with Crippen LogP contribution in [-0.4, -0.2) is 28.5 Å². The van der Waals surface area contributed by atoms with E-state index in [-0.39, 0.29) is 12.0 Å². The van der Waals surface area contributed by atoms with Crippen molar-refractivity contribution in [1.29, 1.82) is 0 Å². The number of carbonyl (C=O) groups is 2. The molecule has 0 aliphatic rings. The summed E-state index contributed by atoms with van der Waals surface area (Å²) in [6.45, 7) is -0.429. The van der Waals surface area contributed by atoms with E-state index in [0.29, 0.717) is 35.3 Å². The smallest absolute Gasteiger partial charge is 0.306 e. The van der Waals surface area contributed by atoms with E-state index in [0.717, 1.165) is 0 Å². The molecule has 0 atom stereocenters. The van der Waals surface area contributed by atoms with E-state index in [2.05, 4.69) is 15.3 Å². The Balaban J connectivity index is 1.42. The Morgan fingerprint density at radius 3 is 2.64 bits per heavy atom. The van der Waals surface area contributed by atoms with E-state index in [1.165, 1.54) is 24.3 Å². The fourth-order valence-electron chi connectivity index (χ4n) is 2.60. The van der Waals surface area contributed by atoms with E-state index < -0.39 is 24.3 Å². The summed E-state index contributed by atoms with van der Waals surface area (Å²) in [4.78, 5) is 42.5. The number of nitrogens with one attached hydrogen (secondary N) is 2. The molecule has 3 aromatic rings. The average Bonchev–Trinajstić information content (AvgIpc) is 2.68. The number of esters is 1. The Bertz CT molecular complexity index is 1050. The second-order valence-corrected chi connectivity index (χ2v) is 6.10. The van der Waals surface area contributed by atoms with E-state index in [1.54, 1.807) is 24.3 Å². The van der Waals surface area contributed by atoms with E-state index in [4.69, 9.17) is 4.74 Å². The molecule has 7 nitrogen and oxygen atoms in total. The van der Waals surface area contributed by atoms with Crippen molar-refractivity contribution < 1.29 is 18.7 Å². The third-order valence-electron chi connectivity index (χ3n) is 3.95. The molecule has 0 spiro atoms. The van der Waals surface area contributed by atoms with Crippen molar-refractivity contribution in [3.05, 3.63) is 70.5 Å². The van der Waals surface area contributed by atoms with Gasteiger partial charge in [0.25, 0.3) is 11.5 Å². The van der Waals surface area contributed by atoms with Crippen LogP contribution >= 0.6 is 0 Å². The highest BCUT2D eigenvalue weighted by Gasteiger charge is 2.09. The van der Waals surface area contributed by atoms with Gasteiger partial charge in [0.05, 0.1) is 10.9 Å². The van der Waals surface area contributed by atoms with Gasteiger partial charge in [0.15, 0.2) is 6.61 Å². The predicted octanol–water partition coefficient (Wildman–Crippen LogP) is 2.57. The average molecular weight is 383 g/mol. The largest absolute Gasteiger partial charge is 0.456 e. The lowest BCUT2D eigenvalue weighted by Gasteiger charge is -2.07. The van der Waals surface area contributed by atoms with Crippen LogP contribution in [0.15, 0.2) is 53.3 Å². The number of H-pyrrole nitrogens is 1. The second kappa shape index (κ2) is 8.90. The number of nitrogens with zero attached hydrogens (tertiary/aromatic N) is 1. The summed E-state index contributed by atoms with van der Waals surface area (Å²) in [5.74, 6) is -0.963. The molecule has 0 saturated carbocycles. The van der Waals surface area contributed by atoms with Crippen molar-refractivity contribution in [2.75, 3.05) is 11.9 Å². The summed E-state index contributed by atoms with van der Waals surface area (Å²) in [7, 11) is 0. The number of rotatable bonds is 7. The molecule has 1 heterocycles. The van der Waals surface area contributed by atoms with Crippen molar-refractivity contribution in [3.63, 3.8) is 0 Å². The number of para-hydroxylation sites is 1. The number of benzene rings is 2. The molecule has 1 aromatic heterocycles. The maximum Gasteiger partial charge on any atom is 0.306 e. The van der Waals surface area contributed by atoms with Gasteiger partial charge in [-0.3, -0.25) is 14.4 Å². The fraction of sp³-hybridized carbons (Fsp3) is 0.200. The Hall–Kier alpha value is -3.55. The third-order valence-corrected chi connectivity index (χ3v) is 3.95. The molecule has 28 heavy (non-hydrogen) atoms. The highest BCUT2D eigenvalue weighted by molar-refractivity contribution is 5.92. The highest BCUT2D eigenvalue weighted by atomic mass is 19.1. The molecule has 2 aromatic carbocycles. The lowest BCUT2D eigenvalue weighted by atomic mass is 10.2. The molecular weight excluding hydrogens is 365 g/mol. The van der Waals surface area contributed by atoms with Crippen LogP contribution in [0.1, 0.15) is 18.7 Å². The van der Waals surface area contributed by atoms with Crippen molar-refractivity contribution in [2.45, 2.75) is 19.3 Å². The summed E-state index contributed by atoms with van der Waals surface area (Å²) >= 11 is 0. The summed E-state index contributed by atoms with van der Waals surface area (Å²) in [5, 5.41) is 3.01. The standard InChI is InChI=1S/C20H18FN3O4/c21-13-8-10-14(11-9-13)22-18(25)12-28-19(26)7-3-6-17-23-16-5-2-1-4-15(16)20(27)24-17/h1-2,4-5,8-11H,3,6-7,12H2,(H,22,25)(H,23,24,27). The van der Waals surface area contributed by atoms with Crippen LogP contribution in [0.4, 0.5) is 10.1 Å². The van der Waals surface area contributed by atoms with E-state index >= 15 is 0 Å². The normalized spacial score (nSPS) is 10.6. The van der Waals surface area contributed by atoms with Crippen LogP contribution in [0, 0.1) is 5.82 Å². The van der Waals surface area contributed by atoms with Gasteiger partial charge in [-0.2, -0.15) is 0 Å². The molecule has 0 aliphatic carbocycles. The zero-order valence-electron chi connectivity index (χ0n) is 14.9. The number of halogens is 1. The van der Waals surface area contributed by atoms with Crippen LogP contribution in [0.5, 0.6) is 0 Å². The first kappa shape index (κ1) is 19.2. The van der Waals surface area contributed by atoms with Gasteiger partial charge in [-0.1, -0.05) is 12.1 Å². The number of ether oxygens (including phenoxy) is 1. The van der Waals surface area contributed by atoms with Crippen LogP contribution < -0.4 is 10.9 Å². The maximum absolute atomic E-state index is 12.8. The number of aromatic nitrogens is 2. The van der Waals surface area contributed by atoms with Crippen molar-refractivity contribution in [2.24, 2.45) is 0 Å². The first-order chi connectivity index (χ1) is 13.5. The quantitative estimate of drug-likeness (QED) is 0.611. The van der Waals surface area contributed by atoms with Crippen LogP contribution in [-0.2, 0) is 20.7 Å². The zero-order chi connectivity index (χ0) is 19.9. The zero-order valence-corrected chi connectivity index (χ0v) is 14.9. The van der Waals surface area contributed by atoms with Crippen LogP contribution in [0.3, 0.4) is 0 Å². The summed E-state index contributed by atoms with van der Waals surface area (Å²) in [6, 6.07) is 12.3. The SMILES string of the molecule is O=C(COC(=O)CCCc1nc2ccccc2c(=O)[nH]1)Nc1ccc(F)cc1. The maximum atomic E-state index is 12.8. The lowest BCUT2D eigenvalue weighted by Crippen LogP contribution is -2.21. The van der Waals surface area contributed by atoms with Crippen LogP contribution in [0.2, 0.25) is 0 Å². The van der Waals surface area contributed by atoms with E-state index in [1.807, 2.05) is 0 Å². The number of aryl methyl sites for hydroxylation is 1. The molecular formula is C20H18FN3O4. The van der Waals surface area contributed by atoms with Crippen molar-refractivity contribution >= 4 is 28.5 Å². The fourth-order valence-corrected chi connectivity index (χ4v) is 2.60. The molecule has 144 valence electrons. The number of carbonyl (C=O) groups excluding carboxylic acids is 2. The Morgan fingerprint density at radius 1 is 1.11 bits per heavy atom. The molecule has 3 rings (SSSR count). The van der Waals surface area contributed by atoms with Gasteiger partial charge in [-0.15, -0.1) is 0 Å². The van der Waals surface area contributed by atoms with Crippen molar-refractivity contribution in [3.8, 4) is 0 Å². The highest BCUT2D eigenvalue weighted by Crippen LogP contribution is 2.09. The van der Waals surface area contributed by atoms with Gasteiger partial charge in [-0.05, 0) is 42.8 Å². The molecule has 0 saturated heterocycles. The molecule has 0 aliphatic heterocycles. The number of anilines is 1. The van der Waals surface area contributed by atoms with Crippen molar-refractivity contribution in [1.82, 2.24) is 9.97 Å². The number of fused-ring (bicyclic) bond motifs is 1. The number of amides is 1. The topological polar surface area (TPSA) is 101 Å². The van der Waals surface area contributed by atoms with Gasteiger partial charge in [-0.25, -0.2) is 9.37 Å². The monoisotopic (exact) mass is 383 g/mol. The molecule has 0 unspecified atom stereocenters. The second-order valence-electron chi connectivity index (χ2n) is 6.10. The predicted molar refractivity (Wildman–Crippen MR) is 101 cm³/mol. The molecule has 0 bridgehead atoms. The molecule has 8 heteroatoms. The van der Waals surface area contributed by atoms with Gasteiger partial charge >= 0.3 is 5.97 Å². The number of hydrogen-bond acceptors (Lipinski definition) is 5. The number of hydrogen-bond donors (Lipinski definition) is 2. The Kier molecular flexibility index (Phi) is 6.11. The Morgan fingerprint density at radius 2 is 1.86 bits per heavy atom. The first-order valence-electron chi connectivity index (χ1n) is 8.70. The number of aromatic amines is 1. The summed E-state index contributed by atoms with van der Waals surface area (Å²) in [6.07, 6.45) is 0.900. The minimum Gasteiger partial charge on any atom is -0.456 e.